The van der Waals surface area contributed by atoms with Gasteiger partial charge in [-0.1, -0.05) is 12.1 Å². The van der Waals surface area contributed by atoms with Gasteiger partial charge in [-0.05, 0) is 19.1 Å². The molecule has 23 heavy (non-hydrogen) atoms. The second kappa shape index (κ2) is 8.40. The maximum Gasteiger partial charge on any atom is 0.138 e. The van der Waals surface area contributed by atoms with E-state index in [4.69, 9.17) is 23.9 Å². The van der Waals surface area contributed by atoms with Crippen LogP contribution in [-0.4, -0.2) is 55.8 Å². The van der Waals surface area contributed by atoms with E-state index in [0.717, 1.165) is 23.4 Å². The van der Waals surface area contributed by atoms with Crippen LogP contribution in [0.15, 0.2) is 24.3 Å². The summed E-state index contributed by atoms with van der Waals surface area (Å²) in [5, 5.41) is 0. The van der Waals surface area contributed by atoms with Crippen molar-refractivity contribution in [3.05, 3.63) is 30.1 Å². The lowest BCUT2D eigenvalue weighted by atomic mass is 10.3. The highest BCUT2D eigenvalue weighted by Gasteiger charge is 2.17. The minimum Gasteiger partial charge on any atom is -0.377 e. The molecule has 1 atom stereocenters. The van der Waals surface area contributed by atoms with Crippen LogP contribution in [-0.2, 0) is 25.5 Å². The second-order valence-corrected chi connectivity index (χ2v) is 5.46. The Morgan fingerprint density at radius 1 is 0.913 bits per heavy atom. The van der Waals surface area contributed by atoms with E-state index in [1.165, 1.54) is 0 Å². The van der Waals surface area contributed by atoms with Crippen molar-refractivity contribution in [2.75, 3.05) is 46.2 Å². The summed E-state index contributed by atoms with van der Waals surface area (Å²) in [6, 6.07) is 8.14. The van der Waals surface area contributed by atoms with Crippen molar-refractivity contribution in [3.63, 3.8) is 0 Å². The summed E-state index contributed by atoms with van der Waals surface area (Å²) in [4.78, 5) is 4.74. The summed E-state index contributed by atoms with van der Waals surface area (Å²) in [5.41, 5.74) is 2.09. The molecule has 0 saturated carbocycles. The molecule has 0 saturated heterocycles. The van der Waals surface area contributed by atoms with Crippen LogP contribution in [0.1, 0.15) is 18.9 Å². The number of aromatic nitrogens is 2. The number of imidazole rings is 1. The quantitative estimate of drug-likeness (QED) is 0.745. The standard InChI is InChI=1S/C17H24N2O4/c1-14-17-18-15-4-2-3-5-16(15)19(17)6-7-20-8-9-21-10-11-22-12-13-23-14/h2-5,14H,6-13H2,1H3/t14-/m0/s1. The zero-order valence-electron chi connectivity index (χ0n) is 13.6. The van der Waals surface area contributed by atoms with Gasteiger partial charge in [0.15, 0.2) is 0 Å². The fourth-order valence-corrected chi connectivity index (χ4v) is 2.70. The molecule has 0 bridgehead atoms. The molecule has 2 heterocycles. The number of ether oxygens (including phenoxy) is 4. The number of rotatable bonds is 0. The van der Waals surface area contributed by atoms with Crippen molar-refractivity contribution >= 4 is 11.0 Å². The fourth-order valence-electron chi connectivity index (χ4n) is 2.70. The average molecular weight is 320 g/mol. The van der Waals surface area contributed by atoms with Gasteiger partial charge in [-0.2, -0.15) is 0 Å². The molecule has 0 fully saturated rings. The van der Waals surface area contributed by atoms with E-state index in [0.29, 0.717) is 46.2 Å². The molecule has 3 rings (SSSR count). The molecule has 1 aliphatic heterocycles. The van der Waals surface area contributed by atoms with E-state index < -0.39 is 0 Å². The zero-order chi connectivity index (χ0) is 15.9. The van der Waals surface area contributed by atoms with Crippen LogP contribution in [0.25, 0.3) is 11.0 Å². The zero-order valence-corrected chi connectivity index (χ0v) is 13.6. The van der Waals surface area contributed by atoms with E-state index in [1.54, 1.807) is 0 Å². The molecule has 1 aromatic heterocycles. The smallest absolute Gasteiger partial charge is 0.138 e. The summed E-state index contributed by atoms with van der Waals surface area (Å²) >= 11 is 0. The first-order valence-electron chi connectivity index (χ1n) is 8.16. The van der Waals surface area contributed by atoms with Crippen molar-refractivity contribution in [3.8, 4) is 0 Å². The lowest BCUT2D eigenvalue weighted by molar-refractivity contribution is -0.0147. The van der Waals surface area contributed by atoms with Gasteiger partial charge in [0, 0.05) is 6.54 Å². The molecule has 0 spiro atoms. The molecular weight excluding hydrogens is 296 g/mol. The second-order valence-electron chi connectivity index (χ2n) is 5.46. The number of para-hydroxylation sites is 2. The van der Waals surface area contributed by atoms with Crippen LogP contribution in [0.4, 0.5) is 0 Å². The van der Waals surface area contributed by atoms with Crippen molar-refractivity contribution in [2.24, 2.45) is 0 Å². The molecule has 126 valence electrons. The number of benzene rings is 1. The summed E-state index contributed by atoms with van der Waals surface area (Å²) in [5.74, 6) is 0.931. The Morgan fingerprint density at radius 2 is 1.57 bits per heavy atom. The van der Waals surface area contributed by atoms with Crippen LogP contribution in [0.2, 0.25) is 0 Å². The molecule has 0 radical (unpaired) electrons. The lowest BCUT2D eigenvalue weighted by Crippen LogP contribution is -2.15. The van der Waals surface area contributed by atoms with E-state index in [9.17, 15) is 0 Å². The Bertz CT molecular complexity index is 614. The highest BCUT2D eigenvalue weighted by molar-refractivity contribution is 5.76. The van der Waals surface area contributed by atoms with Crippen LogP contribution >= 0.6 is 0 Å². The van der Waals surface area contributed by atoms with Gasteiger partial charge in [-0.25, -0.2) is 4.98 Å². The molecule has 0 amide bonds. The van der Waals surface area contributed by atoms with Gasteiger partial charge < -0.3 is 23.5 Å². The maximum atomic E-state index is 5.88. The minimum absolute atomic E-state index is 0.0904. The highest BCUT2D eigenvalue weighted by Crippen LogP contribution is 2.22. The van der Waals surface area contributed by atoms with Crippen LogP contribution in [0.3, 0.4) is 0 Å². The Kier molecular flexibility index (Phi) is 5.99. The number of hydrogen-bond acceptors (Lipinski definition) is 5. The van der Waals surface area contributed by atoms with E-state index in [1.807, 2.05) is 25.1 Å². The monoisotopic (exact) mass is 320 g/mol. The van der Waals surface area contributed by atoms with E-state index in [-0.39, 0.29) is 6.10 Å². The van der Waals surface area contributed by atoms with Gasteiger partial charge in [-0.15, -0.1) is 0 Å². The molecule has 0 unspecified atom stereocenters. The molecule has 6 heteroatoms. The number of fused-ring (bicyclic) bond motifs is 3. The lowest BCUT2D eigenvalue weighted by Gasteiger charge is -2.15. The fraction of sp³-hybridized carbons (Fsp3) is 0.588. The first-order chi connectivity index (χ1) is 11.4. The number of nitrogens with zero attached hydrogens (tertiary/aromatic N) is 2. The molecular formula is C17H24N2O4. The van der Waals surface area contributed by atoms with Gasteiger partial charge in [0.05, 0.1) is 57.3 Å². The van der Waals surface area contributed by atoms with Gasteiger partial charge in [0.25, 0.3) is 0 Å². The first kappa shape index (κ1) is 16.4. The molecule has 1 aromatic carbocycles. The highest BCUT2D eigenvalue weighted by atomic mass is 16.6. The van der Waals surface area contributed by atoms with Crippen LogP contribution in [0.5, 0.6) is 0 Å². The van der Waals surface area contributed by atoms with E-state index >= 15 is 0 Å². The molecule has 1 aliphatic rings. The Hall–Kier alpha value is -1.47. The summed E-state index contributed by atoms with van der Waals surface area (Å²) in [6.45, 7) is 6.86. The topological polar surface area (TPSA) is 54.7 Å². The average Bonchev–Trinajstić information content (AvgIpc) is 2.93. The van der Waals surface area contributed by atoms with Gasteiger partial charge >= 0.3 is 0 Å². The summed E-state index contributed by atoms with van der Waals surface area (Å²) in [6.07, 6.45) is -0.0904. The summed E-state index contributed by atoms with van der Waals surface area (Å²) < 4.78 is 24.7. The van der Waals surface area contributed by atoms with Crippen LogP contribution in [0, 0.1) is 0 Å². The third kappa shape index (κ3) is 4.29. The molecule has 0 aliphatic carbocycles. The van der Waals surface area contributed by atoms with Gasteiger partial charge in [0.2, 0.25) is 0 Å². The molecule has 6 nitrogen and oxygen atoms in total. The minimum atomic E-state index is -0.0904. The summed E-state index contributed by atoms with van der Waals surface area (Å²) in [7, 11) is 0. The largest absolute Gasteiger partial charge is 0.377 e. The van der Waals surface area contributed by atoms with Gasteiger partial charge in [-0.3, -0.25) is 0 Å². The van der Waals surface area contributed by atoms with Crippen molar-refractivity contribution in [1.82, 2.24) is 9.55 Å². The third-order valence-corrected chi connectivity index (χ3v) is 3.85. The van der Waals surface area contributed by atoms with E-state index in [2.05, 4.69) is 10.6 Å². The third-order valence-electron chi connectivity index (χ3n) is 3.85. The molecule has 2 aromatic rings. The van der Waals surface area contributed by atoms with Crippen molar-refractivity contribution < 1.29 is 18.9 Å². The predicted octanol–water partition coefficient (Wildman–Crippen LogP) is 2.18. The maximum absolute atomic E-state index is 5.88. The Morgan fingerprint density at radius 3 is 2.35 bits per heavy atom. The van der Waals surface area contributed by atoms with Crippen molar-refractivity contribution in [2.45, 2.75) is 19.6 Å². The van der Waals surface area contributed by atoms with Gasteiger partial charge in [0.1, 0.15) is 11.9 Å². The first-order valence-corrected chi connectivity index (χ1v) is 8.16. The normalized spacial score (nSPS) is 22.2. The Balaban J connectivity index is 1.79. The number of hydrogen-bond donors (Lipinski definition) is 0. The molecule has 0 N–H and O–H groups in total. The predicted molar refractivity (Wildman–Crippen MR) is 86.6 cm³/mol. The van der Waals surface area contributed by atoms with Crippen molar-refractivity contribution in [1.29, 1.82) is 0 Å². The Labute approximate surface area is 136 Å². The SMILES string of the molecule is C[C@@H]1OCCOCCOCCOCCn2c1nc1ccccc12. The van der Waals surface area contributed by atoms with Crippen LogP contribution < -0.4 is 0 Å².